The van der Waals surface area contributed by atoms with Crippen LogP contribution in [0.2, 0.25) is 0 Å². The summed E-state index contributed by atoms with van der Waals surface area (Å²) in [6, 6.07) is 54.9. The molecule has 0 saturated carbocycles. The Morgan fingerprint density at radius 2 is 1.31 bits per heavy atom. The van der Waals surface area contributed by atoms with E-state index in [1.807, 2.05) is 48.5 Å². The number of nitrogens with zero attached hydrogens (tertiary/aromatic N) is 4. The fraction of sp³-hybridized carbons (Fsp3) is 0.239. The third-order valence-electron chi connectivity index (χ3n) is 15.8. The first-order valence-corrected chi connectivity index (χ1v) is 26.4. The smallest absolute Gasteiger partial charge is 0.135 e. The first-order chi connectivity index (χ1) is 39.2. The average molecular weight is 1190 g/mol. The second-order valence-electron chi connectivity index (χ2n) is 23.9. The van der Waals surface area contributed by atoms with E-state index in [4.69, 9.17) is 17.9 Å². The fourth-order valence-corrected chi connectivity index (χ4v) is 11.4. The van der Waals surface area contributed by atoms with Crippen molar-refractivity contribution in [3.63, 3.8) is 0 Å². The Labute approximate surface area is 480 Å². The zero-order valence-electron chi connectivity index (χ0n) is 52.4. The molecule has 10 aromatic rings. The minimum atomic E-state index is -2.56. The molecule has 0 N–H and O–H groups in total. The quantitative estimate of drug-likeness (QED) is 0.142. The van der Waals surface area contributed by atoms with Crippen molar-refractivity contribution in [3.05, 3.63) is 223 Å². The van der Waals surface area contributed by atoms with Crippen LogP contribution < -0.4 is 14.5 Å². The molecule has 0 spiro atoms. The van der Waals surface area contributed by atoms with Crippen LogP contribution in [0.1, 0.15) is 119 Å². The molecule has 0 bridgehead atoms. The normalized spacial score (nSPS) is 16.3. The summed E-state index contributed by atoms with van der Waals surface area (Å²) in [7, 11) is 0. The summed E-state index contributed by atoms with van der Waals surface area (Å²) in [5.41, 5.74) is 15.1. The molecule has 1 aliphatic heterocycles. The molecule has 0 unspecified atom stereocenters. The second kappa shape index (κ2) is 19.4. The van der Waals surface area contributed by atoms with Crippen LogP contribution in [0.25, 0.3) is 61.0 Å². The van der Waals surface area contributed by atoms with Gasteiger partial charge in [0, 0.05) is 82.1 Å². The van der Waals surface area contributed by atoms with Crippen molar-refractivity contribution < 1.29 is 35.4 Å². The molecule has 12 rings (SSSR count). The molecule has 5 nitrogen and oxygen atoms in total. The number of rotatable bonds is 8. The van der Waals surface area contributed by atoms with Gasteiger partial charge in [0.25, 0.3) is 0 Å². The molecule has 3 heterocycles. The summed E-state index contributed by atoms with van der Waals surface area (Å²) in [4.78, 5) is 9.28. The number of aryl methyl sites for hydroxylation is 1. The molecule has 1 aliphatic carbocycles. The molecule has 0 amide bonds. The topological polar surface area (TPSA) is 33.5 Å². The van der Waals surface area contributed by atoms with Gasteiger partial charge in [0.1, 0.15) is 5.82 Å². The van der Waals surface area contributed by atoms with Crippen LogP contribution in [0.4, 0.5) is 22.7 Å². The van der Waals surface area contributed by atoms with Crippen molar-refractivity contribution in [1.29, 1.82) is 0 Å². The van der Waals surface area contributed by atoms with Crippen molar-refractivity contribution in [2.45, 2.75) is 111 Å². The molecule has 0 atom stereocenters. The number of para-hydroxylation sites is 4. The summed E-state index contributed by atoms with van der Waals surface area (Å²) in [6.07, 6.45) is 3.74. The first-order valence-electron chi connectivity index (χ1n) is 29.9. The molecule has 2 aromatic heterocycles. The predicted octanol–water partition coefficient (Wildman–Crippen LogP) is 19.2. The average Bonchev–Trinajstić information content (AvgIpc) is 1.65. The molecule has 0 fully saturated rings. The van der Waals surface area contributed by atoms with E-state index in [9.17, 15) is 1.37 Å². The van der Waals surface area contributed by atoms with Gasteiger partial charge >= 0.3 is 0 Å². The maximum atomic E-state index is 9.18. The van der Waals surface area contributed by atoms with Gasteiger partial charge < -0.3 is 19.1 Å². The predicted molar refractivity (Wildman–Crippen MR) is 318 cm³/mol. The van der Waals surface area contributed by atoms with Gasteiger partial charge in [-0.1, -0.05) is 190 Å². The van der Waals surface area contributed by atoms with E-state index in [2.05, 4.69) is 177 Å². The number of fused-ring (bicyclic) bond motifs is 5. The minimum absolute atomic E-state index is 0. The first kappa shape index (κ1) is 43.9. The number of ether oxygens (including phenoxy) is 1. The van der Waals surface area contributed by atoms with E-state index in [0.717, 1.165) is 52.3 Å². The van der Waals surface area contributed by atoms with E-state index in [1.165, 1.54) is 40.1 Å². The Morgan fingerprint density at radius 1 is 0.610 bits per heavy atom. The molecule has 8 aromatic carbocycles. The van der Waals surface area contributed by atoms with Gasteiger partial charge in [0.15, 0.2) is 0 Å². The van der Waals surface area contributed by atoms with Crippen molar-refractivity contribution in [3.8, 4) is 50.7 Å². The number of pyridine rings is 1. The molecular weight excluding hydrogens is 1120 g/mol. The van der Waals surface area contributed by atoms with Gasteiger partial charge in [0.2, 0.25) is 0 Å². The van der Waals surface area contributed by atoms with Crippen LogP contribution in [-0.2, 0) is 42.7 Å². The summed E-state index contributed by atoms with van der Waals surface area (Å²) in [5.74, 6) is 0.812. The molecular formula is C71H67N4OPt-3. The van der Waals surface area contributed by atoms with Crippen LogP contribution in [-0.4, -0.2) is 9.55 Å². The van der Waals surface area contributed by atoms with Crippen molar-refractivity contribution in [2.24, 2.45) is 0 Å². The summed E-state index contributed by atoms with van der Waals surface area (Å²) in [6.45, 7) is 22.8. The molecule has 77 heavy (non-hydrogen) atoms. The molecule has 390 valence electrons. The largest absolute Gasteiger partial charge is 0.509 e. The summed E-state index contributed by atoms with van der Waals surface area (Å²) >= 11 is 0. The maximum absolute atomic E-state index is 9.18. The van der Waals surface area contributed by atoms with E-state index in [0.29, 0.717) is 27.8 Å². The fourth-order valence-electron chi connectivity index (χ4n) is 11.4. The van der Waals surface area contributed by atoms with Crippen molar-refractivity contribution >= 4 is 44.6 Å². The van der Waals surface area contributed by atoms with Crippen LogP contribution in [0.15, 0.2) is 176 Å². The van der Waals surface area contributed by atoms with Gasteiger partial charge in [-0.2, -0.15) is 12.1 Å². The Hall–Kier alpha value is -7.20. The zero-order valence-corrected chi connectivity index (χ0v) is 47.7. The molecule has 0 radical (unpaired) electrons. The SMILES string of the molecule is [2H]c1c([2H])c([2H])c2c(c1[2H])c1ccc(Oc3[c-]c(N4[CH-]N(c5c(-c6ccc7c(c6)C(C)(C)CCC7(C)C)cccc5-c5ccc(C(C)(C)C)cc5C(C)(C)C)c5ccccc54)ccc3)[c-]c1n2-c1cc(C([2H])([2H])[2H])c(-c2ccccc2)cn1.[Pt]. The monoisotopic (exact) mass is 1190 g/mol. The summed E-state index contributed by atoms with van der Waals surface area (Å²) in [5, 5.41) is 0.715. The number of anilines is 4. The van der Waals surface area contributed by atoms with Gasteiger partial charge in [-0.3, -0.25) is 0 Å². The number of hydrogen-bond donors (Lipinski definition) is 0. The molecule has 2 aliphatic rings. The minimum Gasteiger partial charge on any atom is -0.509 e. The van der Waals surface area contributed by atoms with Crippen LogP contribution >= 0.6 is 0 Å². The zero-order chi connectivity index (χ0) is 58.9. The van der Waals surface area contributed by atoms with E-state index >= 15 is 0 Å². The van der Waals surface area contributed by atoms with E-state index < -0.39 is 18.9 Å². The third kappa shape index (κ3) is 9.29. The van der Waals surface area contributed by atoms with E-state index in [-0.39, 0.29) is 82.8 Å². The third-order valence-corrected chi connectivity index (χ3v) is 15.8. The molecule has 0 saturated heterocycles. The van der Waals surface area contributed by atoms with Gasteiger partial charge in [-0.25, -0.2) is 4.98 Å². The number of aromatic nitrogens is 2. The molecule has 6 heteroatoms. The van der Waals surface area contributed by atoms with E-state index in [1.54, 1.807) is 16.7 Å². The standard InChI is InChI=1S/C71H67N4O.Pt/c1-46-39-66(72-44-58(46)47-21-13-12-14-22-47)75-62-28-16-15-25-55(62)56-35-33-52(43-65(56)75)76-51-24-19-23-50(42-51)73-45-74(64-30-18-17-29-63(64)73)67-53(48-31-36-59-61(40-48)71(10,11)38-37-70(59,8)9)26-20-27-57(67)54-34-32-49(68(2,3)4)41-60(54)69(5,6)7;/h12-36,39-41,44-45H,37-38H2,1-11H3;/q-3;/i1D3,15D,16D,25D,28D;. The Balaban J connectivity index is 0.00000736. The van der Waals surface area contributed by atoms with Crippen molar-refractivity contribution in [1.82, 2.24) is 9.55 Å². The Kier molecular flexibility index (Phi) is 11.0. The summed E-state index contributed by atoms with van der Waals surface area (Å²) < 4.78 is 69.7. The van der Waals surface area contributed by atoms with Gasteiger partial charge in [-0.05, 0) is 115 Å². The van der Waals surface area contributed by atoms with Crippen LogP contribution in [0.3, 0.4) is 0 Å². The number of hydrogen-bond acceptors (Lipinski definition) is 4. The van der Waals surface area contributed by atoms with Gasteiger partial charge in [0.05, 0.1) is 5.48 Å². The Bertz CT molecular complexity index is 4250. The van der Waals surface area contributed by atoms with Crippen LogP contribution in [0, 0.1) is 25.7 Å². The Morgan fingerprint density at radius 3 is 2.06 bits per heavy atom. The van der Waals surface area contributed by atoms with Crippen molar-refractivity contribution in [2.75, 3.05) is 9.80 Å². The van der Waals surface area contributed by atoms with Crippen LogP contribution in [0.5, 0.6) is 11.5 Å². The van der Waals surface area contributed by atoms with Gasteiger partial charge in [-0.15, -0.1) is 48.1 Å². The second-order valence-corrected chi connectivity index (χ2v) is 23.9. The maximum Gasteiger partial charge on any atom is 0.135 e. The number of benzene rings is 8.